The summed E-state index contributed by atoms with van der Waals surface area (Å²) in [4.78, 5) is 10.9. The van der Waals surface area contributed by atoms with Gasteiger partial charge in [-0.05, 0) is 101 Å². The highest BCUT2D eigenvalue weighted by molar-refractivity contribution is 6.18. The van der Waals surface area contributed by atoms with E-state index in [-0.39, 0.29) is 0 Å². The summed E-state index contributed by atoms with van der Waals surface area (Å²) in [6, 6.07) is 62.1. The molecule has 7 heteroatoms. The van der Waals surface area contributed by atoms with E-state index < -0.39 is 0 Å². The largest absolute Gasteiger partial charge is 0.456 e. The Morgan fingerprint density at radius 3 is 1.29 bits per heavy atom. The quantitative estimate of drug-likeness (QED) is 0.174. The van der Waals surface area contributed by atoms with Crippen LogP contribution in [0.3, 0.4) is 0 Å². The highest BCUT2D eigenvalue weighted by atomic mass is 16.3. The van der Waals surface area contributed by atoms with E-state index in [0.717, 1.165) is 132 Å². The normalized spacial score (nSPS) is 12.3. The molecule has 0 spiro atoms. The summed E-state index contributed by atoms with van der Waals surface area (Å²) < 4.78 is 32.2. The molecule has 0 saturated heterocycles. The van der Waals surface area contributed by atoms with Crippen LogP contribution in [-0.4, -0.2) is 9.97 Å². The summed E-state index contributed by atoms with van der Waals surface area (Å²) >= 11 is 0. The van der Waals surface area contributed by atoms with Crippen molar-refractivity contribution < 1.29 is 22.1 Å². The molecule has 15 aromatic rings. The highest BCUT2D eigenvalue weighted by Crippen LogP contribution is 2.45. The van der Waals surface area contributed by atoms with Gasteiger partial charge in [-0.15, -0.1) is 0 Å². The number of hydrogen-bond donors (Lipinski definition) is 0. The standard InChI is InChI=1S/C58H30N2O5/c1-4-14-44-35(9-1)40-27-31(19-23-47(40)61-44)33-21-25-49-42(29-33)54-39(13-8-18-52(54)64-49)58-59-55(38-12-7-17-51-53(38)37-11-3-6-16-46(37)63-51)57-56(60-58)43-30-34(22-26-50(43)65-57)32-20-24-48-41(28-32)36-10-2-5-15-45(36)62-48/h1-30H. The average molecular weight is 835 g/mol. The fraction of sp³-hybridized carbons (Fsp3) is 0. The Bertz CT molecular complexity index is 4500. The van der Waals surface area contributed by atoms with Gasteiger partial charge in [0.15, 0.2) is 11.4 Å². The number of nitrogens with zero attached hydrogens (tertiary/aromatic N) is 2. The maximum atomic E-state index is 6.84. The van der Waals surface area contributed by atoms with E-state index in [2.05, 4.69) is 97.1 Å². The molecule has 65 heavy (non-hydrogen) atoms. The summed E-state index contributed by atoms with van der Waals surface area (Å²) in [5.41, 5.74) is 15.3. The van der Waals surface area contributed by atoms with Gasteiger partial charge in [0.2, 0.25) is 0 Å². The number of furan rings is 5. The van der Waals surface area contributed by atoms with Crippen LogP contribution in [0.5, 0.6) is 0 Å². The van der Waals surface area contributed by atoms with Crippen LogP contribution < -0.4 is 0 Å². The first kappa shape index (κ1) is 34.6. The molecule has 9 aromatic carbocycles. The fourth-order valence-electron chi connectivity index (χ4n) is 10.1. The van der Waals surface area contributed by atoms with E-state index in [9.17, 15) is 0 Å². The van der Waals surface area contributed by atoms with E-state index >= 15 is 0 Å². The predicted octanol–water partition coefficient (Wildman–Crippen LogP) is 16.6. The minimum atomic E-state index is 0.557. The van der Waals surface area contributed by atoms with Gasteiger partial charge in [-0.3, -0.25) is 0 Å². The van der Waals surface area contributed by atoms with Crippen LogP contribution in [0.4, 0.5) is 0 Å². The average Bonchev–Trinajstić information content (AvgIpc) is 4.18. The lowest BCUT2D eigenvalue weighted by Crippen LogP contribution is -1.95. The molecule has 0 radical (unpaired) electrons. The molecular formula is C58H30N2O5. The van der Waals surface area contributed by atoms with Crippen molar-refractivity contribution >= 4 is 110 Å². The molecule has 7 nitrogen and oxygen atoms in total. The maximum Gasteiger partial charge on any atom is 0.180 e. The van der Waals surface area contributed by atoms with Crippen LogP contribution in [0.2, 0.25) is 0 Å². The Balaban J connectivity index is 0.977. The molecule has 0 aliphatic carbocycles. The third kappa shape index (κ3) is 5.00. The van der Waals surface area contributed by atoms with Crippen molar-refractivity contribution in [3.8, 4) is 44.9 Å². The SMILES string of the molecule is c1ccc2c(c1)oc1ccc(-c3ccc4oc5c(-c6cccc7oc8ccccc8c67)nc(-c6cccc7oc8ccc(-c9ccc%10oc%11ccccc%11c%10c9)cc8c67)nc5c4c3)cc12. The van der Waals surface area contributed by atoms with Gasteiger partial charge in [-0.1, -0.05) is 103 Å². The number of fused-ring (bicyclic) bond motifs is 15. The molecule has 6 heterocycles. The van der Waals surface area contributed by atoms with Gasteiger partial charge in [0.1, 0.15) is 61.5 Å². The van der Waals surface area contributed by atoms with Crippen molar-refractivity contribution in [3.63, 3.8) is 0 Å². The van der Waals surface area contributed by atoms with Crippen LogP contribution >= 0.6 is 0 Å². The first-order valence-corrected chi connectivity index (χ1v) is 21.6. The van der Waals surface area contributed by atoms with E-state index in [4.69, 9.17) is 32.1 Å². The van der Waals surface area contributed by atoms with Crippen LogP contribution in [0.25, 0.3) is 155 Å². The van der Waals surface area contributed by atoms with Crippen LogP contribution in [0, 0.1) is 0 Å². The monoisotopic (exact) mass is 834 g/mol. The Hall–Kier alpha value is -8.94. The number of aromatic nitrogens is 2. The minimum Gasteiger partial charge on any atom is -0.456 e. The molecule has 6 aromatic heterocycles. The second-order valence-corrected chi connectivity index (χ2v) is 16.8. The second kappa shape index (κ2) is 12.8. The molecule has 0 N–H and O–H groups in total. The summed E-state index contributed by atoms with van der Waals surface area (Å²) in [5, 5.41) is 9.10. The van der Waals surface area contributed by atoms with Gasteiger partial charge < -0.3 is 22.1 Å². The maximum absolute atomic E-state index is 6.84. The molecule has 302 valence electrons. The zero-order valence-corrected chi connectivity index (χ0v) is 34.3. The Labute approximate surface area is 367 Å². The van der Waals surface area contributed by atoms with Crippen molar-refractivity contribution in [3.05, 3.63) is 182 Å². The molecule has 0 aliphatic rings. The number of rotatable bonds is 4. The van der Waals surface area contributed by atoms with Crippen molar-refractivity contribution in [2.45, 2.75) is 0 Å². The van der Waals surface area contributed by atoms with E-state index in [1.54, 1.807) is 0 Å². The van der Waals surface area contributed by atoms with Crippen molar-refractivity contribution in [1.29, 1.82) is 0 Å². The summed E-state index contributed by atoms with van der Waals surface area (Å²) in [6.07, 6.45) is 0. The first-order chi connectivity index (χ1) is 32.2. The van der Waals surface area contributed by atoms with Gasteiger partial charge in [0.25, 0.3) is 0 Å². The summed E-state index contributed by atoms with van der Waals surface area (Å²) in [5.74, 6) is 0.557. The topological polar surface area (TPSA) is 91.5 Å². The van der Waals surface area contributed by atoms with Gasteiger partial charge in [-0.25, -0.2) is 9.97 Å². The molecule has 0 bridgehead atoms. The number of benzene rings is 9. The Kier molecular flexibility index (Phi) is 6.83. The number of para-hydroxylation sites is 3. The fourth-order valence-corrected chi connectivity index (χ4v) is 10.1. The molecule has 0 atom stereocenters. The Morgan fingerprint density at radius 1 is 0.277 bits per heavy atom. The molecule has 0 unspecified atom stereocenters. The smallest absolute Gasteiger partial charge is 0.180 e. The zero-order chi connectivity index (χ0) is 42.3. The highest BCUT2D eigenvalue weighted by Gasteiger charge is 2.24. The van der Waals surface area contributed by atoms with Crippen LogP contribution in [0.15, 0.2) is 204 Å². The minimum absolute atomic E-state index is 0.557. The van der Waals surface area contributed by atoms with Crippen LogP contribution in [-0.2, 0) is 0 Å². The zero-order valence-electron chi connectivity index (χ0n) is 34.3. The van der Waals surface area contributed by atoms with Crippen LogP contribution in [0.1, 0.15) is 0 Å². The molecule has 0 aliphatic heterocycles. The summed E-state index contributed by atoms with van der Waals surface area (Å²) in [6.45, 7) is 0. The van der Waals surface area contributed by atoms with Crippen molar-refractivity contribution in [2.24, 2.45) is 0 Å². The third-order valence-electron chi connectivity index (χ3n) is 13.1. The van der Waals surface area contributed by atoms with E-state index in [0.29, 0.717) is 22.6 Å². The van der Waals surface area contributed by atoms with Gasteiger partial charge in [-0.2, -0.15) is 0 Å². The predicted molar refractivity (Wildman–Crippen MR) is 260 cm³/mol. The molecule has 0 amide bonds. The molecule has 0 saturated carbocycles. The Morgan fingerprint density at radius 2 is 0.692 bits per heavy atom. The van der Waals surface area contributed by atoms with Gasteiger partial charge >= 0.3 is 0 Å². The molecular weight excluding hydrogens is 805 g/mol. The summed E-state index contributed by atoms with van der Waals surface area (Å²) in [7, 11) is 0. The third-order valence-corrected chi connectivity index (χ3v) is 13.1. The lowest BCUT2D eigenvalue weighted by atomic mass is 9.98. The van der Waals surface area contributed by atoms with E-state index in [1.807, 2.05) is 84.9 Å². The van der Waals surface area contributed by atoms with Crippen molar-refractivity contribution in [2.75, 3.05) is 0 Å². The molecule has 0 fully saturated rings. The molecule has 15 rings (SSSR count). The number of hydrogen-bond acceptors (Lipinski definition) is 7. The second-order valence-electron chi connectivity index (χ2n) is 16.8. The lowest BCUT2D eigenvalue weighted by Gasteiger charge is -2.09. The van der Waals surface area contributed by atoms with Crippen molar-refractivity contribution in [1.82, 2.24) is 9.97 Å². The van der Waals surface area contributed by atoms with Gasteiger partial charge in [0.05, 0.1) is 0 Å². The first-order valence-electron chi connectivity index (χ1n) is 21.6. The lowest BCUT2D eigenvalue weighted by molar-refractivity contribution is 0.667. The van der Waals surface area contributed by atoms with E-state index in [1.165, 1.54) is 0 Å². The van der Waals surface area contributed by atoms with Gasteiger partial charge in [0, 0.05) is 59.6 Å².